The van der Waals surface area contributed by atoms with E-state index >= 15 is 0 Å². The van der Waals surface area contributed by atoms with Crippen LogP contribution in [-0.4, -0.2) is 73.2 Å². The number of aromatic hydroxyl groups is 1. The van der Waals surface area contributed by atoms with E-state index in [9.17, 15) is 23.5 Å². The topological polar surface area (TPSA) is 171 Å². The van der Waals surface area contributed by atoms with Crippen LogP contribution in [0.3, 0.4) is 0 Å². The Balaban J connectivity index is 1.94. The van der Waals surface area contributed by atoms with E-state index in [4.69, 9.17) is 14.5 Å². The van der Waals surface area contributed by atoms with Crippen molar-refractivity contribution < 1.29 is 32.9 Å². The zero-order valence-electron chi connectivity index (χ0n) is 23.8. The Morgan fingerprint density at radius 3 is 2.52 bits per heavy atom. The minimum absolute atomic E-state index is 0.00871. The highest BCUT2D eigenvalue weighted by atomic mass is 32.2. The SMILES string of the molecule is CCOC(=O)C1=C(CC(=O)OC)c2nc(-c3cc(NS(=O)[O-])ccc3O)nn2C1=Nc1ccc(N(CC)CC)cc1C. The second-order valence-electron chi connectivity index (χ2n) is 9.14. The van der Waals surface area contributed by atoms with E-state index in [1.807, 2.05) is 25.1 Å². The number of anilines is 2. The van der Waals surface area contributed by atoms with Gasteiger partial charge in [0.25, 0.3) is 0 Å². The van der Waals surface area contributed by atoms with Crippen molar-refractivity contribution in [2.24, 2.45) is 4.99 Å². The summed E-state index contributed by atoms with van der Waals surface area (Å²) in [5.41, 5.74) is 2.88. The van der Waals surface area contributed by atoms with Gasteiger partial charge in [-0.3, -0.25) is 9.00 Å². The number of rotatable bonds is 11. The van der Waals surface area contributed by atoms with Gasteiger partial charge in [0.2, 0.25) is 0 Å². The molecule has 0 fully saturated rings. The van der Waals surface area contributed by atoms with Gasteiger partial charge in [-0.05, 0) is 69.7 Å². The lowest BCUT2D eigenvalue weighted by Gasteiger charge is -2.21. The quantitative estimate of drug-likeness (QED) is 0.190. The average molecular weight is 596 g/mol. The molecule has 0 bridgehead atoms. The number of benzene rings is 2. The maximum absolute atomic E-state index is 13.3. The highest BCUT2D eigenvalue weighted by Crippen LogP contribution is 2.37. The number of aryl methyl sites for hydroxylation is 1. The number of aliphatic imine (C=N–C) groups is 1. The van der Waals surface area contributed by atoms with Crippen LogP contribution in [0.5, 0.6) is 5.75 Å². The number of hydrogen-bond acceptors (Lipinski definition) is 11. The molecule has 1 aliphatic rings. The van der Waals surface area contributed by atoms with Gasteiger partial charge in [0.15, 0.2) is 17.5 Å². The van der Waals surface area contributed by atoms with E-state index in [1.165, 1.54) is 30.0 Å². The van der Waals surface area contributed by atoms with Crippen LogP contribution in [-0.2, 0) is 30.3 Å². The number of methoxy groups -OCH3 is 1. The summed E-state index contributed by atoms with van der Waals surface area (Å²) in [6.07, 6.45) is -0.329. The van der Waals surface area contributed by atoms with E-state index in [1.54, 1.807) is 6.92 Å². The molecule has 0 amide bonds. The molecular formula is C28H31N6O7S-. The van der Waals surface area contributed by atoms with Crippen LogP contribution in [0.15, 0.2) is 47.0 Å². The van der Waals surface area contributed by atoms with Crippen molar-refractivity contribution in [2.75, 3.05) is 36.4 Å². The maximum Gasteiger partial charge on any atom is 0.342 e. The molecule has 14 heteroatoms. The molecule has 0 saturated heterocycles. The van der Waals surface area contributed by atoms with Crippen molar-refractivity contribution in [3.63, 3.8) is 0 Å². The van der Waals surface area contributed by atoms with E-state index in [0.717, 1.165) is 24.3 Å². The molecule has 1 atom stereocenters. The average Bonchev–Trinajstić information content (AvgIpc) is 3.50. The number of hydrogen-bond donors (Lipinski definition) is 2. The number of ether oxygens (including phenoxy) is 2. The van der Waals surface area contributed by atoms with Crippen LogP contribution in [0, 0.1) is 6.92 Å². The van der Waals surface area contributed by atoms with Crippen molar-refractivity contribution in [1.29, 1.82) is 0 Å². The summed E-state index contributed by atoms with van der Waals surface area (Å²) in [4.78, 5) is 37.2. The second-order valence-corrected chi connectivity index (χ2v) is 9.82. The van der Waals surface area contributed by atoms with E-state index in [2.05, 4.69) is 33.6 Å². The summed E-state index contributed by atoms with van der Waals surface area (Å²) in [6, 6.07) is 9.78. The van der Waals surface area contributed by atoms with Crippen molar-refractivity contribution in [2.45, 2.75) is 34.1 Å². The molecule has 0 aliphatic carbocycles. The fourth-order valence-electron chi connectivity index (χ4n) is 4.57. The van der Waals surface area contributed by atoms with Gasteiger partial charge in [-0.1, -0.05) is 0 Å². The number of phenols is 1. The first-order chi connectivity index (χ1) is 20.1. The highest BCUT2D eigenvalue weighted by Gasteiger charge is 2.38. The summed E-state index contributed by atoms with van der Waals surface area (Å²) in [7, 11) is 1.23. The first kappa shape index (κ1) is 30.4. The van der Waals surface area contributed by atoms with Crippen molar-refractivity contribution in [3.05, 3.63) is 53.4 Å². The van der Waals surface area contributed by atoms with Crippen LogP contribution >= 0.6 is 0 Å². The number of nitrogens with one attached hydrogen (secondary N) is 1. The lowest BCUT2D eigenvalue weighted by molar-refractivity contribution is -0.139. The fourth-order valence-corrected chi connectivity index (χ4v) is 4.89. The molecule has 0 spiro atoms. The lowest BCUT2D eigenvalue weighted by atomic mass is 10.1. The third-order valence-corrected chi connectivity index (χ3v) is 7.01. The minimum Gasteiger partial charge on any atom is -0.755 e. The Kier molecular flexibility index (Phi) is 9.38. The van der Waals surface area contributed by atoms with Gasteiger partial charge in [0.05, 0.1) is 31.4 Å². The predicted octanol–water partition coefficient (Wildman–Crippen LogP) is 3.48. The third-order valence-electron chi connectivity index (χ3n) is 6.61. The number of nitrogens with zero attached hydrogens (tertiary/aromatic N) is 5. The van der Waals surface area contributed by atoms with Gasteiger partial charge in [0.1, 0.15) is 11.3 Å². The Morgan fingerprint density at radius 2 is 1.90 bits per heavy atom. The fraction of sp³-hybridized carbons (Fsp3) is 0.321. The van der Waals surface area contributed by atoms with Crippen LogP contribution in [0.1, 0.15) is 38.6 Å². The molecule has 2 aromatic carbocycles. The number of carbonyl (C=O) groups excluding carboxylic acids is 2. The summed E-state index contributed by atoms with van der Waals surface area (Å²) in [5.74, 6) is -1.35. The standard InChI is InChI=1S/C28H32N6O7S/c1-6-33(7-2)18-10-11-21(16(4)13-18)29-27-24(28(37)41-8-3)20(15-23(36)40-5)26-30-25(31-34(26)27)19-14-17(32-42(38)39)9-12-22(19)35/h9-14,32,35H,6-8,15H2,1-5H3,(H,38,39)/p-1. The van der Waals surface area contributed by atoms with E-state index < -0.39 is 23.2 Å². The van der Waals surface area contributed by atoms with Gasteiger partial charge in [-0.2, -0.15) is 4.68 Å². The molecule has 222 valence electrons. The van der Waals surface area contributed by atoms with Crippen molar-refractivity contribution >= 4 is 51.7 Å². The number of phenolic OH excluding ortho intramolecular Hbond substituents is 1. The lowest BCUT2D eigenvalue weighted by Crippen LogP contribution is -2.21. The van der Waals surface area contributed by atoms with Crippen LogP contribution in [0.25, 0.3) is 17.0 Å². The first-order valence-corrected chi connectivity index (χ1v) is 14.3. The van der Waals surface area contributed by atoms with Crippen molar-refractivity contribution in [3.8, 4) is 17.1 Å². The molecular weight excluding hydrogens is 564 g/mol. The molecule has 13 nitrogen and oxygen atoms in total. The van der Waals surface area contributed by atoms with Crippen LogP contribution in [0.4, 0.5) is 17.1 Å². The molecule has 42 heavy (non-hydrogen) atoms. The molecule has 2 heterocycles. The van der Waals surface area contributed by atoms with Crippen molar-refractivity contribution in [1.82, 2.24) is 14.8 Å². The smallest absolute Gasteiger partial charge is 0.342 e. The third kappa shape index (κ3) is 6.19. The van der Waals surface area contributed by atoms with Gasteiger partial charge in [-0.25, -0.2) is 14.8 Å². The van der Waals surface area contributed by atoms with Gasteiger partial charge in [-0.15, -0.1) is 5.10 Å². The van der Waals surface area contributed by atoms with Gasteiger partial charge >= 0.3 is 11.9 Å². The summed E-state index contributed by atoms with van der Waals surface area (Å²) in [5, 5.41) is 15.1. The largest absolute Gasteiger partial charge is 0.755 e. The Bertz CT molecular complexity index is 1610. The first-order valence-electron chi connectivity index (χ1n) is 13.2. The predicted molar refractivity (Wildman–Crippen MR) is 157 cm³/mol. The molecule has 1 aliphatic heterocycles. The zero-order valence-corrected chi connectivity index (χ0v) is 24.7. The molecule has 3 aromatic rings. The number of esters is 2. The Labute approximate surface area is 245 Å². The molecule has 0 saturated carbocycles. The van der Waals surface area contributed by atoms with Gasteiger partial charge < -0.3 is 28.8 Å². The van der Waals surface area contributed by atoms with E-state index in [0.29, 0.717) is 5.69 Å². The molecule has 4 rings (SSSR count). The van der Waals surface area contributed by atoms with Gasteiger partial charge in [0, 0.05) is 41.3 Å². The second kappa shape index (κ2) is 13.0. The molecule has 1 aromatic heterocycles. The molecule has 1 unspecified atom stereocenters. The normalized spacial score (nSPS) is 14.1. The van der Waals surface area contributed by atoms with Crippen LogP contribution in [0.2, 0.25) is 0 Å². The number of carbonyl (C=O) groups is 2. The summed E-state index contributed by atoms with van der Waals surface area (Å²) >= 11 is -2.60. The summed E-state index contributed by atoms with van der Waals surface area (Å²) < 4.78 is 36.0. The molecule has 2 N–H and O–H groups in total. The monoisotopic (exact) mass is 595 g/mol. The number of aromatic nitrogens is 3. The maximum atomic E-state index is 13.3. The number of fused-ring (bicyclic) bond motifs is 1. The summed E-state index contributed by atoms with van der Waals surface area (Å²) in [6.45, 7) is 9.43. The Hall–Kier alpha value is -4.56. The Morgan fingerprint density at radius 1 is 1.17 bits per heavy atom. The zero-order chi connectivity index (χ0) is 30.6. The minimum atomic E-state index is -2.60. The van der Waals surface area contributed by atoms with E-state index in [-0.39, 0.29) is 58.7 Å². The highest BCUT2D eigenvalue weighted by molar-refractivity contribution is 7.80. The molecule has 0 radical (unpaired) electrons. The van der Waals surface area contributed by atoms with Crippen LogP contribution < -0.4 is 9.62 Å².